The highest BCUT2D eigenvalue weighted by molar-refractivity contribution is 6.42. The summed E-state index contributed by atoms with van der Waals surface area (Å²) in [5.74, 6) is -0.432. The SMILES string of the molecule is O=C(OCc1cccc(Cl)c1Cl)c1ccnc2[nH]ccc12. The molecule has 2 aromatic heterocycles. The van der Waals surface area contributed by atoms with Gasteiger partial charge in [0, 0.05) is 23.3 Å². The van der Waals surface area contributed by atoms with Crippen molar-refractivity contribution in [2.45, 2.75) is 6.61 Å². The summed E-state index contributed by atoms with van der Waals surface area (Å²) < 4.78 is 5.30. The van der Waals surface area contributed by atoms with Crippen LogP contribution < -0.4 is 0 Å². The Kier molecular flexibility index (Phi) is 3.82. The first-order valence-corrected chi connectivity index (χ1v) is 6.94. The van der Waals surface area contributed by atoms with Crippen molar-refractivity contribution in [3.8, 4) is 0 Å². The number of rotatable bonds is 3. The van der Waals surface area contributed by atoms with Crippen LogP contribution in [0.15, 0.2) is 42.7 Å². The zero-order chi connectivity index (χ0) is 14.8. The lowest BCUT2D eigenvalue weighted by Crippen LogP contribution is -2.06. The number of aromatic amines is 1. The molecule has 3 rings (SSSR count). The minimum absolute atomic E-state index is 0.0620. The third-order valence-electron chi connectivity index (χ3n) is 3.07. The van der Waals surface area contributed by atoms with Gasteiger partial charge >= 0.3 is 5.97 Å². The van der Waals surface area contributed by atoms with Gasteiger partial charge in [0.25, 0.3) is 0 Å². The van der Waals surface area contributed by atoms with Gasteiger partial charge in [0.05, 0.1) is 15.6 Å². The maximum atomic E-state index is 12.2. The number of carbonyl (C=O) groups excluding carboxylic acids is 1. The number of H-pyrrole nitrogens is 1. The van der Waals surface area contributed by atoms with Gasteiger partial charge in [0.2, 0.25) is 0 Å². The van der Waals surface area contributed by atoms with E-state index in [1.807, 2.05) is 0 Å². The van der Waals surface area contributed by atoms with Crippen molar-refractivity contribution in [2.24, 2.45) is 0 Å². The Morgan fingerprint density at radius 1 is 1.24 bits per heavy atom. The molecule has 6 heteroatoms. The number of carbonyl (C=O) groups is 1. The van der Waals surface area contributed by atoms with Gasteiger partial charge in [-0.1, -0.05) is 35.3 Å². The molecule has 106 valence electrons. The first kappa shape index (κ1) is 13.9. The molecule has 0 bridgehead atoms. The lowest BCUT2D eigenvalue weighted by atomic mass is 10.2. The lowest BCUT2D eigenvalue weighted by molar-refractivity contribution is 0.0475. The van der Waals surface area contributed by atoms with E-state index in [0.29, 0.717) is 26.8 Å². The van der Waals surface area contributed by atoms with Crippen LogP contribution in [0.2, 0.25) is 10.0 Å². The number of nitrogens with zero attached hydrogens (tertiary/aromatic N) is 1. The molecule has 0 fully saturated rings. The summed E-state index contributed by atoms with van der Waals surface area (Å²) in [5.41, 5.74) is 1.77. The zero-order valence-corrected chi connectivity index (χ0v) is 12.3. The molecule has 0 unspecified atom stereocenters. The Hall–Kier alpha value is -2.04. The second kappa shape index (κ2) is 5.76. The molecule has 1 N–H and O–H groups in total. The highest BCUT2D eigenvalue weighted by Crippen LogP contribution is 2.26. The van der Waals surface area contributed by atoms with E-state index in [9.17, 15) is 4.79 Å². The zero-order valence-electron chi connectivity index (χ0n) is 10.8. The van der Waals surface area contributed by atoms with Gasteiger partial charge in [-0.15, -0.1) is 0 Å². The minimum Gasteiger partial charge on any atom is -0.457 e. The first-order valence-electron chi connectivity index (χ1n) is 6.19. The lowest BCUT2D eigenvalue weighted by Gasteiger charge is -2.08. The van der Waals surface area contributed by atoms with E-state index < -0.39 is 5.97 Å². The van der Waals surface area contributed by atoms with Gasteiger partial charge in [0.15, 0.2) is 0 Å². The predicted molar refractivity (Wildman–Crippen MR) is 81.7 cm³/mol. The van der Waals surface area contributed by atoms with Gasteiger partial charge in [-0.25, -0.2) is 9.78 Å². The summed E-state index contributed by atoms with van der Waals surface area (Å²) in [5, 5.41) is 1.55. The van der Waals surface area contributed by atoms with Gasteiger partial charge < -0.3 is 9.72 Å². The summed E-state index contributed by atoms with van der Waals surface area (Å²) in [4.78, 5) is 19.3. The third kappa shape index (κ3) is 2.73. The molecule has 0 saturated heterocycles. The van der Waals surface area contributed by atoms with E-state index in [0.717, 1.165) is 5.39 Å². The number of benzene rings is 1. The predicted octanol–water partition coefficient (Wildman–Crippen LogP) is 4.23. The van der Waals surface area contributed by atoms with Crippen LogP contribution in [-0.4, -0.2) is 15.9 Å². The van der Waals surface area contributed by atoms with Crippen molar-refractivity contribution in [1.82, 2.24) is 9.97 Å². The van der Waals surface area contributed by atoms with Crippen LogP contribution in [0.4, 0.5) is 0 Å². The maximum Gasteiger partial charge on any atom is 0.339 e. The number of halogens is 2. The van der Waals surface area contributed by atoms with Crippen LogP contribution >= 0.6 is 23.2 Å². The Bertz CT molecular complexity index is 814. The molecule has 0 aliphatic heterocycles. The number of pyridine rings is 1. The van der Waals surface area contributed by atoms with Crippen molar-refractivity contribution in [3.63, 3.8) is 0 Å². The molecule has 0 amide bonds. The van der Waals surface area contributed by atoms with Crippen molar-refractivity contribution in [1.29, 1.82) is 0 Å². The summed E-state index contributed by atoms with van der Waals surface area (Å²) in [6.45, 7) is 0.0620. The normalized spacial score (nSPS) is 10.8. The fourth-order valence-electron chi connectivity index (χ4n) is 2.02. The molecule has 0 aliphatic rings. The second-order valence-corrected chi connectivity index (χ2v) is 5.17. The van der Waals surface area contributed by atoms with E-state index in [2.05, 4.69) is 9.97 Å². The van der Waals surface area contributed by atoms with Gasteiger partial charge in [-0.2, -0.15) is 0 Å². The van der Waals surface area contributed by atoms with E-state index in [-0.39, 0.29) is 6.61 Å². The van der Waals surface area contributed by atoms with Crippen LogP contribution in [0.1, 0.15) is 15.9 Å². The first-order chi connectivity index (χ1) is 10.2. The Morgan fingerprint density at radius 2 is 2.10 bits per heavy atom. The van der Waals surface area contributed by atoms with Crippen LogP contribution in [0.5, 0.6) is 0 Å². The molecular weight excluding hydrogens is 311 g/mol. The minimum atomic E-state index is -0.432. The van der Waals surface area contributed by atoms with Gasteiger partial charge in [0.1, 0.15) is 12.3 Å². The van der Waals surface area contributed by atoms with Crippen molar-refractivity contribution >= 4 is 40.2 Å². The molecule has 0 aliphatic carbocycles. The Labute approximate surface area is 130 Å². The molecule has 21 heavy (non-hydrogen) atoms. The topological polar surface area (TPSA) is 55.0 Å². The molecule has 4 nitrogen and oxygen atoms in total. The molecule has 0 atom stereocenters. The quantitative estimate of drug-likeness (QED) is 0.735. The van der Waals surface area contributed by atoms with Crippen LogP contribution in [-0.2, 0) is 11.3 Å². The van der Waals surface area contributed by atoms with E-state index in [4.69, 9.17) is 27.9 Å². The monoisotopic (exact) mass is 320 g/mol. The Balaban J connectivity index is 1.81. The number of aromatic nitrogens is 2. The van der Waals surface area contributed by atoms with Crippen LogP contribution in [0.3, 0.4) is 0 Å². The van der Waals surface area contributed by atoms with Crippen LogP contribution in [0, 0.1) is 0 Å². The molecule has 3 aromatic rings. The summed E-state index contributed by atoms with van der Waals surface area (Å²) in [6.07, 6.45) is 3.28. The number of hydrogen-bond acceptors (Lipinski definition) is 3. The smallest absolute Gasteiger partial charge is 0.339 e. The van der Waals surface area contributed by atoms with Crippen molar-refractivity contribution in [3.05, 3.63) is 63.9 Å². The van der Waals surface area contributed by atoms with E-state index in [1.165, 1.54) is 0 Å². The molecule has 0 saturated carbocycles. The molecule has 1 aromatic carbocycles. The summed E-state index contributed by atoms with van der Waals surface area (Å²) >= 11 is 12.0. The molecule has 2 heterocycles. The summed E-state index contributed by atoms with van der Waals surface area (Å²) in [6, 6.07) is 8.61. The van der Waals surface area contributed by atoms with Gasteiger partial charge in [-0.3, -0.25) is 0 Å². The fourth-order valence-corrected chi connectivity index (χ4v) is 2.39. The highest BCUT2D eigenvalue weighted by Gasteiger charge is 2.14. The third-order valence-corrected chi connectivity index (χ3v) is 3.93. The maximum absolute atomic E-state index is 12.2. The van der Waals surface area contributed by atoms with E-state index >= 15 is 0 Å². The fraction of sp³-hybridized carbons (Fsp3) is 0.0667. The molecular formula is C15H10Cl2N2O2. The summed E-state index contributed by atoms with van der Waals surface area (Å²) in [7, 11) is 0. The van der Waals surface area contributed by atoms with Gasteiger partial charge in [-0.05, 0) is 18.2 Å². The number of nitrogens with one attached hydrogen (secondary N) is 1. The van der Waals surface area contributed by atoms with E-state index in [1.54, 1.807) is 42.7 Å². The second-order valence-electron chi connectivity index (χ2n) is 4.39. The number of ether oxygens (including phenoxy) is 1. The highest BCUT2D eigenvalue weighted by atomic mass is 35.5. The number of fused-ring (bicyclic) bond motifs is 1. The molecule has 0 radical (unpaired) electrons. The molecule has 0 spiro atoms. The number of hydrogen-bond donors (Lipinski definition) is 1. The standard InChI is InChI=1S/C15H10Cl2N2O2/c16-12-3-1-2-9(13(12)17)8-21-15(20)11-5-7-19-14-10(11)4-6-18-14/h1-7H,8H2,(H,18,19). The van der Waals surface area contributed by atoms with Crippen molar-refractivity contribution in [2.75, 3.05) is 0 Å². The average molecular weight is 321 g/mol. The Morgan fingerprint density at radius 3 is 2.95 bits per heavy atom. The average Bonchev–Trinajstić information content (AvgIpc) is 2.96. The largest absolute Gasteiger partial charge is 0.457 e. The van der Waals surface area contributed by atoms with Crippen LogP contribution in [0.25, 0.3) is 11.0 Å². The van der Waals surface area contributed by atoms with Crippen molar-refractivity contribution < 1.29 is 9.53 Å². The number of esters is 1.